The van der Waals surface area contributed by atoms with E-state index in [0.717, 1.165) is 24.8 Å². The molecule has 1 N–H and O–H groups in total. The maximum Gasteiger partial charge on any atom is 0.306 e. The SMILES string of the molecule is CC(C)(C)CC(=O)OCC(=O)Nc1sc2c(c1C#N)CCC2. The van der Waals surface area contributed by atoms with Crippen molar-refractivity contribution < 1.29 is 14.3 Å². The molecule has 1 aromatic rings. The van der Waals surface area contributed by atoms with Gasteiger partial charge in [-0.05, 0) is 30.2 Å². The largest absolute Gasteiger partial charge is 0.456 e. The van der Waals surface area contributed by atoms with E-state index in [1.165, 1.54) is 16.2 Å². The molecule has 0 aromatic carbocycles. The minimum atomic E-state index is -0.404. The molecule has 0 spiro atoms. The molecule has 0 unspecified atom stereocenters. The van der Waals surface area contributed by atoms with Crippen molar-refractivity contribution in [3.8, 4) is 6.07 Å². The van der Waals surface area contributed by atoms with Crippen molar-refractivity contribution >= 4 is 28.2 Å². The maximum atomic E-state index is 11.9. The van der Waals surface area contributed by atoms with E-state index < -0.39 is 11.9 Å². The monoisotopic (exact) mass is 320 g/mol. The van der Waals surface area contributed by atoms with Gasteiger partial charge in [-0.25, -0.2) is 0 Å². The third-order valence-corrected chi connectivity index (χ3v) is 4.53. The lowest BCUT2D eigenvalue weighted by atomic mass is 9.93. The van der Waals surface area contributed by atoms with Crippen LogP contribution in [0.2, 0.25) is 0 Å². The average molecular weight is 320 g/mol. The normalized spacial score (nSPS) is 13.4. The molecule has 0 bridgehead atoms. The highest BCUT2D eigenvalue weighted by Crippen LogP contribution is 2.38. The molecule has 2 rings (SSSR count). The Morgan fingerprint density at radius 2 is 2.09 bits per heavy atom. The zero-order chi connectivity index (χ0) is 16.3. The molecule has 0 atom stereocenters. The molecule has 22 heavy (non-hydrogen) atoms. The number of carbonyl (C=O) groups is 2. The number of carbonyl (C=O) groups excluding carboxylic acids is 2. The van der Waals surface area contributed by atoms with Crippen molar-refractivity contribution in [3.05, 3.63) is 16.0 Å². The number of nitriles is 1. The van der Waals surface area contributed by atoms with Gasteiger partial charge in [-0.2, -0.15) is 5.26 Å². The summed E-state index contributed by atoms with van der Waals surface area (Å²) in [4.78, 5) is 24.7. The first-order chi connectivity index (χ1) is 10.3. The zero-order valence-electron chi connectivity index (χ0n) is 13.1. The van der Waals surface area contributed by atoms with Gasteiger partial charge in [0.2, 0.25) is 0 Å². The average Bonchev–Trinajstić information content (AvgIpc) is 2.94. The van der Waals surface area contributed by atoms with Crippen LogP contribution < -0.4 is 5.32 Å². The predicted octanol–water partition coefficient (Wildman–Crippen LogP) is 3.03. The molecule has 1 amide bonds. The predicted molar refractivity (Wildman–Crippen MR) is 84.7 cm³/mol. The standard InChI is InChI=1S/C16H20N2O3S/c1-16(2,3)7-14(20)21-9-13(19)18-15-11(8-17)10-5-4-6-12(10)22-15/h4-7,9H2,1-3H3,(H,18,19). The molecule has 1 heterocycles. The van der Waals surface area contributed by atoms with E-state index in [-0.39, 0.29) is 18.4 Å². The number of anilines is 1. The number of rotatable bonds is 4. The summed E-state index contributed by atoms with van der Waals surface area (Å²) < 4.78 is 4.97. The van der Waals surface area contributed by atoms with Gasteiger partial charge in [0.05, 0.1) is 12.0 Å². The Morgan fingerprint density at radius 3 is 2.73 bits per heavy atom. The van der Waals surface area contributed by atoms with Crippen LogP contribution in [0.15, 0.2) is 0 Å². The Hall–Kier alpha value is -1.87. The Labute approximate surface area is 134 Å². The van der Waals surface area contributed by atoms with Crippen LogP contribution >= 0.6 is 11.3 Å². The number of amides is 1. The molecule has 118 valence electrons. The second-order valence-corrected chi connectivity index (χ2v) is 7.72. The lowest BCUT2D eigenvalue weighted by Gasteiger charge is -2.16. The number of nitrogens with zero attached hydrogens (tertiary/aromatic N) is 1. The molecular formula is C16H20N2O3S. The number of aryl methyl sites for hydroxylation is 1. The van der Waals surface area contributed by atoms with Gasteiger partial charge in [-0.1, -0.05) is 20.8 Å². The van der Waals surface area contributed by atoms with Gasteiger partial charge in [0.25, 0.3) is 5.91 Å². The first kappa shape index (κ1) is 16.5. The van der Waals surface area contributed by atoms with Crippen LogP contribution in [-0.4, -0.2) is 18.5 Å². The molecule has 1 aliphatic rings. The summed E-state index contributed by atoms with van der Waals surface area (Å²) in [6, 6.07) is 2.17. The fraction of sp³-hybridized carbons (Fsp3) is 0.562. The number of nitrogens with one attached hydrogen (secondary N) is 1. The number of thiophene rings is 1. The van der Waals surface area contributed by atoms with Gasteiger partial charge in [-0.15, -0.1) is 11.3 Å². The highest BCUT2D eigenvalue weighted by molar-refractivity contribution is 7.16. The Kier molecular flexibility index (Phi) is 4.87. The number of hydrogen-bond acceptors (Lipinski definition) is 5. The van der Waals surface area contributed by atoms with Crippen molar-refractivity contribution in [2.24, 2.45) is 5.41 Å². The maximum absolute atomic E-state index is 11.9. The van der Waals surface area contributed by atoms with Crippen LogP contribution in [0.1, 0.15) is 49.6 Å². The lowest BCUT2D eigenvalue weighted by molar-refractivity contribution is -0.149. The molecule has 5 nitrogen and oxygen atoms in total. The van der Waals surface area contributed by atoms with E-state index in [4.69, 9.17) is 4.74 Å². The zero-order valence-corrected chi connectivity index (χ0v) is 13.9. The molecule has 0 saturated carbocycles. The van der Waals surface area contributed by atoms with Crippen LogP contribution in [-0.2, 0) is 27.2 Å². The summed E-state index contributed by atoms with van der Waals surface area (Å²) in [5.74, 6) is -0.796. The van der Waals surface area contributed by atoms with Gasteiger partial charge in [0.1, 0.15) is 11.1 Å². The Bertz CT molecular complexity index is 635. The van der Waals surface area contributed by atoms with E-state index in [1.807, 2.05) is 20.8 Å². The fourth-order valence-electron chi connectivity index (χ4n) is 2.40. The third kappa shape index (κ3) is 4.08. The Balaban J connectivity index is 1.91. The molecular weight excluding hydrogens is 300 g/mol. The lowest BCUT2D eigenvalue weighted by Crippen LogP contribution is -2.23. The second kappa shape index (κ2) is 6.49. The molecule has 0 saturated heterocycles. The number of esters is 1. The van der Waals surface area contributed by atoms with E-state index in [2.05, 4.69) is 11.4 Å². The van der Waals surface area contributed by atoms with Crippen LogP contribution in [0, 0.1) is 16.7 Å². The van der Waals surface area contributed by atoms with Crippen LogP contribution in [0.25, 0.3) is 0 Å². The first-order valence-electron chi connectivity index (χ1n) is 7.30. The summed E-state index contributed by atoms with van der Waals surface area (Å²) >= 11 is 1.45. The van der Waals surface area contributed by atoms with Crippen molar-refractivity contribution in [3.63, 3.8) is 0 Å². The van der Waals surface area contributed by atoms with E-state index in [0.29, 0.717) is 10.6 Å². The fourth-order valence-corrected chi connectivity index (χ4v) is 3.66. The topological polar surface area (TPSA) is 79.2 Å². The minimum Gasteiger partial charge on any atom is -0.456 e. The van der Waals surface area contributed by atoms with E-state index >= 15 is 0 Å². The van der Waals surface area contributed by atoms with Gasteiger partial charge in [0, 0.05) is 4.88 Å². The summed E-state index contributed by atoms with van der Waals surface area (Å²) in [5, 5.41) is 12.5. The number of hydrogen-bond donors (Lipinski definition) is 1. The minimum absolute atomic E-state index is 0.171. The highest BCUT2D eigenvalue weighted by Gasteiger charge is 2.23. The van der Waals surface area contributed by atoms with Crippen molar-refractivity contribution in [2.75, 3.05) is 11.9 Å². The first-order valence-corrected chi connectivity index (χ1v) is 8.12. The quantitative estimate of drug-likeness (QED) is 0.865. The number of ether oxygens (including phenoxy) is 1. The molecule has 6 heteroatoms. The van der Waals surface area contributed by atoms with E-state index in [9.17, 15) is 14.9 Å². The van der Waals surface area contributed by atoms with Crippen molar-refractivity contribution in [1.29, 1.82) is 5.26 Å². The van der Waals surface area contributed by atoms with Crippen LogP contribution in [0.4, 0.5) is 5.00 Å². The molecule has 0 fully saturated rings. The molecule has 1 aliphatic carbocycles. The second-order valence-electron chi connectivity index (χ2n) is 6.62. The summed E-state index contributed by atoms with van der Waals surface area (Å²) in [6.07, 6.45) is 3.18. The van der Waals surface area contributed by atoms with Gasteiger partial charge in [-0.3, -0.25) is 9.59 Å². The summed E-state index contributed by atoms with van der Waals surface area (Å²) in [7, 11) is 0. The summed E-state index contributed by atoms with van der Waals surface area (Å²) in [5.41, 5.74) is 1.45. The van der Waals surface area contributed by atoms with Gasteiger partial charge in [0.15, 0.2) is 6.61 Å². The molecule has 1 aromatic heterocycles. The van der Waals surface area contributed by atoms with Crippen LogP contribution in [0.5, 0.6) is 0 Å². The smallest absolute Gasteiger partial charge is 0.306 e. The third-order valence-electron chi connectivity index (χ3n) is 3.32. The van der Waals surface area contributed by atoms with Crippen molar-refractivity contribution in [2.45, 2.75) is 46.5 Å². The highest BCUT2D eigenvalue weighted by atomic mass is 32.1. The molecule has 0 aliphatic heterocycles. The van der Waals surface area contributed by atoms with Crippen LogP contribution in [0.3, 0.4) is 0 Å². The number of fused-ring (bicyclic) bond motifs is 1. The molecule has 0 radical (unpaired) electrons. The van der Waals surface area contributed by atoms with Gasteiger partial charge >= 0.3 is 5.97 Å². The van der Waals surface area contributed by atoms with Crippen molar-refractivity contribution in [1.82, 2.24) is 0 Å². The van der Waals surface area contributed by atoms with Gasteiger partial charge < -0.3 is 10.1 Å². The summed E-state index contributed by atoms with van der Waals surface area (Å²) in [6.45, 7) is 5.48. The Morgan fingerprint density at radius 1 is 1.36 bits per heavy atom. The van der Waals surface area contributed by atoms with E-state index in [1.54, 1.807) is 0 Å².